The van der Waals surface area contributed by atoms with Crippen molar-refractivity contribution in [1.29, 1.82) is 0 Å². The van der Waals surface area contributed by atoms with Crippen LogP contribution in [0.1, 0.15) is 49.4 Å². The van der Waals surface area contributed by atoms with Crippen LogP contribution in [0.2, 0.25) is 0 Å². The number of aliphatic carboxylic acids is 1. The Morgan fingerprint density at radius 3 is 2.19 bits per heavy atom. The minimum absolute atomic E-state index is 0.162. The Kier molecular flexibility index (Phi) is 9.48. The van der Waals surface area contributed by atoms with Crippen LogP contribution in [0.25, 0.3) is 6.08 Å². The molecule has 5 nitrogen and oxygen atoms in total. The molecule has 168 valence electrons. The fourth-order valence-corrected chi connectivity index (χ4v) is 3.09. The Morgan fingerprint density at radius 1 is 0.969 bits per heavy atom. The number of carbonyl (C=O) groups is 2. The number of phenols is 1. The minimum atomic E-state index is -1.04. The number of benzene rings is 2. The van der Waals surface area contributed by atoms with Gasteiger partial charge in [-0.1, -0.05) is 42.0 Å². The lowest BCUT2D eigenvalue weighted by Crippen LogP contribution is -2.04. The molecule has 2 aromatic rings. The number of allylic oxidation sites excluding steroid dienone is 4. The van der Waals surface area contributed by atoms with Gasteiger partial charge in [0.05, 0.1) is 0 Å². The van der Waals surface area contributed by atoms with E-state index in [0.29, 0.717) is 41.7 Å². The third-order valence-electron chi connectivity index (χ3n) is 4.78. The number of carboxylic acids is 1. The van der Waals surface area contributed by atoms with Crippen LogP contribution in [0, 0.1) is 0 Å². The lowest BCUT2D eigenvalue weighted by Gasteiger charge is -2.11. The molecule has 0 saturated heterocycles. The summed E-state index contributed by atoms with van der Waals surface area (Å²) < 4.78 is 5.39. The van der Waals surface area contributed by atoms with Gasteiger partial charge in [-0.25, -0.2) is 4.79 Å². The van der Waals surface area contributed by atoms with E-state index in [4.69, 9.17) is 9.84 Å². The highest BCUT2D eigenvalue weighted by molar-refractivity contribution is 5.85. The van der Waals surface area contributed by atoms with Gasteiger partial charge in [0.2, 0.25) is 0 Å². The molecule has 0 heterocycles. The van der Waals surface area contributed by atoms with Crippen molar-refractivity contribution in [3.05, 3.63) is 94.3 Å². The monoisotopic (exact) mass is 434 g/mol. The Balaban J connectivity index is 2.11. The molecule has 0 saturated carbocycles. The van der Waals surface area contributed by atoms with Gasteiger partial charge in [-0.15, -0.1) is 0 Å². The van der Waals surface area contributed by atoms with Crippen molar-refractivity contribution < 1.29 is 24.5 Å². The third kappa shape index (κ3) is 8.64. The van der Waals surface area contributed by atoms with Gasteiger partial charge in [0, 0.05) is 12.5 Å². The maximum atomic E-state index is 12.1. The lowest BCUT2D eigenvalue weighted by molar-refractivity contribution is -0.139. The molecular formula is C27H30O5. The largest absolute Gasteiger partial charge is 0.507 e. The van der Waals surface area contributed by atoms with Crippen LogP contribution in [-0.4, -0.2) is 22.2 Å². The normalized spacial score (nSPS) is 11.4. The molecule has 0 spiro atoms. The SMILES string of the molecule is CC(C)=CCc1cc(/C=C/C(=O)O)cc(C/C=C(/C)OC(=O)CCc2ccccc2)c1O. The summed E-state index contributed by atoms with van der Waals surface area (Å²) in [7, 11) is 0. The van der Waals surface area contributed by atoms with E-state index >= 15 is 0 Å². The van der Waals surface area contributed by atoms with E-state index in [2.05, 4.69) is 0 Å². The highest BCUT2D eigenvalue weighted by Crippen LogP contribution is 2.28. The molecule has 0 amide bonds. The van der Waals surface area contributed by atoms with Gasteiger partial charge < -0.3 is 14.9 Å². The number of hydrogen-bond acceptors (Lipinski definition) is 4. The van der Waals surface area contributed by atoms with Crippen molar-refractivity contribution in [3.63, 3.8) is 0 Å². The predicted octanol–water partition coefficient (Wildman–Crippen LogP) is 5.62. The first-order valence-corrected chi connectivity index (χ1v) is 10.5. The maximum Gasteiger partial charge on any atom is 0.328 e. The number of ether oxygens (including phenoxy) is 1. The Labute approximate surface area is 189 Å². The van der Waals surface area contributed by atoms with Crippen LogP contribution >= 0.6 is 0 Å². The first kappa shape index (κ1) is 24.7. The first-order valence-electron chi connectivity index (χ1n) is 10.5. The van der Waals surface area contributed by atoms with Gasteiger partial charge in [0.15, 0.2) is 0 Å². The molecule has 5 heteroatoms. The zero-order valence-electron chi connectivity index (χ0n) is 18.8. The molecular weight excluding hydrogens is 404 g/mol. The van der Waals surface area contributed by atoms with Crippen molar-refractivity contribution in [1.82, 2.24) is 0 Å². The molecule has 0 aliphatic carbocycles. The van der Waals surface area contributed by atoms with E-state index in [1.807, 2.05) is 50.3 Å². The zero-order chi connectivity index (χ0) is 23.5. The Hall–Kier alpha value is -3.60. The summed E-state index contributed by atoms with van der Waals surface area (Å²) in [5.74, 6) is -0.730. The second-order valence-corrected chi connectivity index (χ2v) is 7.82. The van der Waals surface area contributed by atoms with Crippen molar-refractivity contribution in [2.24, 2.45) is 0 Å². The highest BCUT2D eigenvalue weighted by atomic mass is 16.5. The quantitative estimate of drug-likeness (QED) is 0.219. The summed E-state index contributed by atoms with van der Waals surface area (Å²) in [6.07, 6.45) is 8.08. The number of hydrogen-bond donors (Lipinski definition) is 2. The van der Waals surface area contributed by atoms with Crippen LogP contribution in [0.3, 0.4) is 0 Å². The molecule has 0 atom stereocenters. The molecule has 32 heavy (non-hydrogen) atoms. The average molecular weight is 435 g/mol. The molecule has 0 radical (unpaired) electrons. The Morgan fingerprint density at radius 2 is 1.59 bits per heavy atom. The smallest absolute Gasteiger partial charge is 0.328 e. The summed E-state index contributed by atoms with van der Waals surface area (Å²) >= 11 is 0. The Bertz CT molecular complexity index is 1030. The van der Waals surface area contributed by atoms with Gasteiger partial charge >= 0.3 is 11.9 Å². The van der Waals surface area contributed by atoms with E-state index in [0.717, 1.165) is 17.2 Å². The third-order valence-corrected chi connectivity index (χ3v) is 4.78. The van der Waals surface area contributed by atoms with Crippen LogP contribution in [0.15, 0.2) is 72.0 Å². The number of carboxylic acid groups (broad SMARTS) is 1. The highest BCUT2D eigenvalue weighted by Gasteiger charge is 2.10. The van der Waals surface area contributed by atoms with Crippen molar-refractivity contribution >= 4 is 18.0 Å². The summed E-state index contributed by atoms with van der Waals surface area (Å²) in [6.45, 7) is 5.66. The number of esters is 1. The average Bonchev–Trinajstić information content (AvgIpc) is 2.75. The number of phenolic OH excluding ortho intramolecular Hbond substituents is 1. The van der Waals surface area contributed by atoms with Crippen molar-refractivity contribution in [3.8, 4) is 5.75 Å². The molecule has 2 rings (SSSR count). The second kappa shape index (κ2) is 12.3. The van der Waals surface area contributed by atoms with Crippen LogP contribution in [0.5, 0.6) is 5.75 Å². The molecule has 2 aromatic carbocycles. The summed E-state index contributed by atoms with van der Waals surface area (Å²) in [5.41, 5.74) is 4.22. The zero-order valence-corrected chi connectivity index (χ0v) is 18.8. The predicted molar refractivity (Wildman–Crippen MR) is 126 cm³/mol. The first-order chi connectivity index (χ1) is 15.2. The number of rotatable bonds is 10. The lowest BCUT2D eigenvalue weighted by atomic mass is 9.98. The summed E-state index contributed by atoms with van der Waals surface area (Å²) in [4.78, 5) is 23.0. The van der Waals surface area contributed by atoms with Crippen molar-refractivity contribution in [2.45, 2.75) is 46.5 Å². The fourth-order valence-electron chi connectivity index (χ4n) is 3.09. The molecule has 0 unspecified atom stereocenters. The van der Waals surface area contributed by atoms with Crippen molar-refractivity contribution in [2.75, 3.05) is 0 Å². The number of aryl methyl sites for hydroxylation is 1. The number of aromatic hydroxyl groups is 1. The van der Waals surface area contributed by atoms with Crippen LogP contribution in [0.4, 0.5) is 0 Å². The van der Waals surface area contributed by atoms with Gasteiger partial charge in [-0.05, 0) is 86.6 Å². The van der Waals surface area contributed by atoms with Gasteiger partial charge in [0.25, 0.3) is 0 Å². The van der Waals surface area contributed by atoms with E-state index in [9.17, 15) is 14.7 Å². The second-order valence-electron chi connectivity index (χ2n) is 7.82. The molecule has 2 N–H and O–H groups in total. The summed E-state index contributed by atoms with van der Waals surface area (Å²) in [5, 5.41) is 19.6. The van der Waals surface area contributed by atoms with Crippen LogP contribution in [-0.2, 0) is 33.6 Å². The fraction of sp³-hybridized carbons (Fsp3) is 0.259. The molecule has 0 aliphatic heterocycles. The minimum Gasteiger partial charge on any atom is -0.507 e. The van der Waals surface area contributed by atoms with E-state index in [1.165, 1.54) is 6.08 Å². The van der Waals surface area contributed by atoms with Gasteiger partial charge in [-0.3, -0.25) is 4.79 Å². The summed E-state index contributed by atoms with van der Waals surface area (Å²) in [6, 6.07) is 13.3. The van der Waals surface area contributed by atoms with E-state index in [1.54, 1.807) is 25.1 Å². The molecule has 0 aliphatic rings. The topological polar surface area (TPSA) is 83.8 Å². The van der Waals surface area contributed by atoms with E-state index in [-0.39, 0.29) is 18.1 Å². The standard InChI is InChI=1S/C27H30O5/c1-19(2)9-13-23-17-22(11-15-25(28)29)18-24(27(23)31)14-10-20(3)32-26(30)16-12-21-7-5-4-6-8-21/h4-11,15,17-18,31H,12-14,16H2,1-3H3,(H,28,29)/b15-11+,20-10-. The molecule has 0 bridgehead atoms. The van der Waals surface area contributed by atoms with Gasteiger partial charge in [0.1, 0.15) is 11.5 Å². The van der Waals surface area contributed by atoms with Gasteiger partial charge in [-0.2, -0.15) is 0 Å². The molecule has 0 fully saturated rings. The van der Waals surface area contributed by atoms with E-state index < -0.39 is 5.97 Å². The number of carbonyl (C=O) groups excluding carboxylic acids is 1. The van der Waals surface area contributed by atoms with Crippen LogP contribution < -0.4 is 0 Å². The molecule has 0 aromatic heterocycles. The maximum absolute atomic E-state index is 12.1.